The average molecular weight is 251 g/mol. The normalized spacial score (nSPS) is 26.8. The molecular weight excluding hydrogens is 230 g/mol. The average Bonchev–Trinajstić information content (AvgIpc) is 3.23. The predicted octanol–water partition coefficient (Wildman–Crippen LogP) is -0.181. The zero-order valence-electron chi connectivity index (χ0n) is 10.9. The zero-order valence-corrected chi connectivity index (χ0v) is 10.9. The molecule has 3 aliphatic rings. The lowest BCUT2D eigenvalue weighted by molar-refractivity contribution is -0.145. The van der Waals surface area contributed by atoms with Crippen molar-refractivity contribution < 1.29 is 9.59 Å². The molecule has 1 N–H and O–H groups in total. The summed E-state index contributed by atoms with van der Waals surface area (Å²) in [5.41, 5.74) is -0.696. The Hall–Kier alpha value is -1.10. The highest BCUT2D eigenvalue weighted by Crippen LogP contribution is 2.48. The van der Waals surface area contributed by atoms with Gasteiger partial charge in [0.05, 0.1) is 0 Å². The molecule has 3 fully saturated rings. The summed E-state index contributed by atoms with van der Waals surface area (Å²) < 4.78 is 0. The summed E-state index contributed by atoms with van der Waals surface area (Å²) in [6.45, 7) is 3.33. The van der Waals surface area contributed by atoms with Crippen molar-refractivity contribution in [3.8, 4) is 0 Å². The van der Waals surface area contributed by atoms with Crippen LogP contribution in [0.2, 0.25) is 0 Å². The van der Waals surface area contributed by atoms with Crippen LogP contribution in [0.25, 0.3) is 0 Å². The number of carbonyl (C=O) groups is 2. The lowest BCUT2D eigenvalue weighted by Gasteiger charge is -2.34. The summed E-state index contributed by atoms with van der Waals surface area (Å²) in [7, 11) is 2.06. The van der Waals surface area contributed by atoms with Gasteiger partial charge in [-0.15, -0.1) is 0 Å². The van der Waals surface area contributed by atoms with Crippen LogP contribution in [0.1, 0.15) is 25.7 Å². The van der Waals surface area contributed by atoms with E-state index in [1.54, 1.807) is 0 Å². The lowest BCUT2D eigenvalue weighted by Crippen LogP contribution is -2.52. The van der Waals surface area contributed by atoms with Crippen LogP contribution >= 0.6 is 0 Å². The fourth-order valence-corrected chi connectivity index (χ4v) is 2.53. The standard InChI is InChI=1S/C13H21N3O2/c1-15-6-8-16(9-7-15)12(18)13(4-5-13)11(17)14-10-2-3-10/h10H,2-9H2,1H3,(H,14,17). The van der Waals surface area contributed by atoms with E-state index in [9.17, 15) is 9.59 Å². The fourth-order valence-electron chi connectivity index (χ4n) is 2.53. The van der Waals surface area contributed by atoms with Gasteiger partial charge in [-0.05, 0) is 32.7 Å². The Morgan fingerprint density at radius 1 is 1.11 bits per heavy atom. The molecule has 0 atom stereocenters. The van der Waals surface area contributed by atoms with E-state index < -0.39 is 5.41 Å². The maximum atomic E-state index is 12.5. The zero-order chi connectivity index (χ0) is 12.8. The summed E-state index contributed by atoms with van der Waals surface area (Å²) in [4.78, 5) is 28.7. The number of nitrogens with one attached hydrogen (secondary N) is 1. The van der Waals surface area contributed by atoms with Gasteiger partial charge in [-0.3, -0.25) is 9.59 Å². The van der Waals surface area contributed by atoms with Crippen molar-refractivity contribution >= 4 is 11.8 Å². The van der Waals surface area contributed by atoms with Gasteiger partial charge < -0.3 is 15.1 Å². The maximum Gasteiger partial charge on any atom is 0.238 e. The second-order valence-electron chi connectivity index (χ2n) is 5.93. The first-order valence-corrected chi connectivity index (χ1v) is 6.91. The molecule has 2 amide bonds. The number of hydrogen-bond acceptors (Lipinski definition) is 3. The number of likely N-dealkylation sites (N-methyl/N-ethyl adjacent to an activating group) is 1. The van der Waals surface area contributed by atoms with Gasteiger partial charge in [0.2, 0.25) is 11.8 Å². The van der Waals surface area contributed by atoms with E-state index in [1.165, 1.54) is 0 Å². The van der Waals surface area contributed by atoms with Crippen LogP contribution < -0.4 is 5.32 Å². The molecule has 3 rings (SSSR count). The molecule has 0 aromatic heterocycles. The predicted molar refractivity (Wildman–Crippen MR) is 66.9 cm³/mol. The minimum atomic E-state index is -0.696. The van der Waals surface area contributed by atoms with Crippen molar-refractivity contribution in [2.75, 3.05) is 33.2 Å². The Kier molecular flexibility index (Phi) is 2.81. The smallest absolute Gasteiger partial charge is 0.238 e. The molecule has 2 aliphatic carbocycles. The summed E-state index contributed by atoms with van der Waals surface area (Å²) >= 11 is 0. The maximum absolute atomic E-state index is 12.5. The molecule has 1 aliphatic heterocycles. The summed E-state index contributed by atoms with van der Waals surface area (Å²) in [5, 5.41) is 2.99. The molecule has 1 saturated heterocycles. The van der Waals surface area contributed by atoms with Crippen molar-refractivity contribution in [1.82, 2.24) is 15.1 Å². The minimum absolute atomic E-state index is 0.0195. The first-order valence-electron chi connectivity index (χ1n) is 6.91. The van der Waals surface area contributed by atoms with Gasteiger partial charge in [-0.2, -0.15) is 0 Å². The number of piperazine rings is 1. The molecule has 0 radical (unpaired) electrons. The highest BCUT2D eigenvalue weighted by Gasteiger charge is 2.58. The van der Waals surface area contributed by atoms with Crippen LogP contribution in [0, 0.1) is 5.41 Å². The largest absolute Gasteiger partial charge is 0.352 e. The minimum Gasteiger partial charge on any atom is -0.352 e. The molecule has 0 bridgehead atoms. The molecule has 0 unspecified atom stereocenters. The Morgan fingerprint density at radius 3 is 2.22 bits per heavy atom. The van der Waals surface area contributed by atoms with Gasteiger partial charge in [0.25, 0.3) is 0 Å². The number of carbonyl (C=O) groups excluding carboxylic acids is 2. The Balaban J connectivity index is 1.62. The molecule has 5 nitrogen and oxygen atoms in total. The van der Waals surface area contributed by atoms with Gasteiger partial charge in [-0.25, -0.2) is 0 Å². The van der Waals surface area contributed by atoms with Crippen LogP contribution in [-0.2, 0) is 9.59 Å². The Labute approximate surface area is 107 Å². The highest BCUT2D eigenvalue weighted by atomic mass is 16.2. The van der Waals surface area contributed by atoms with E-state index in [-0.39, 0.29) is 11.8 Å². The van der Waals surface area contributed by atoms with Crippen LogP contribution in [0.3, 0.4) is 0 Å². The second-order valence-corrected chi connectivity index (χ2v) is 5.93. The molecule has 18 heavy (non-hydrogen) atoms. The van der Waals surface area contributed by atoms with E-state index in [0.29, 0.717) is 6.04 Å². The fraction of sp³-hybridized carbons (Fsp3) is 0.846. The Bertz CT molecular complexity index is 366. The molecule has 2 saturated carbocycles. The number of amides is 2. The first-order chi connectivity index (χ1) is 8.62. The van der Waals surface area contributed by atoms with Crippen molar-refractivity contribution in [3.05, 3.63) is 0 Å². The van der Waals surface area contributed by atoms with E-state index in [4.69, 9.17) is 0 Å². The molecule has 0 spiro atoms. The second kappa shape index (κ2) is 4.23. The molecule has 1 heterocycles. The first kappa shape index (κ1) is 12.0. The van der Waals surface area contributed by atoms with Crippen molar-refractivity contribution in [2.45, 2.75) is 31.7 Å². The Morgan fingerprint density at radius 2 is 1.72 bits per heavy atom. The molecular formula is C13H21N3O2. The number of rotatable bonds is 3. The van der Waals surface area contributed by atoms with Crippen molar-refractivity contribution in [1.29, 1.82) is 0 Å². The highest BCUT2D eigenvalue weighted by molar-refractivity contribution is 6.08. The van der Waals surface area contributed by atoms with E-state index >= 15 is 0 Å². The quantitative estimate of drug-likeness (QED) is 0.708. The van der Waals surface area contributed by atoms with Gasteiger partial charge in [-0.1, -0.05) is 0 Å². The molecule has 100 valence electrons. The van der Waals surface area contributed by atoms with Crippen molar-refractivity contribution in [3.63, 3.8) is 0 Å². The van der Waals surface area contributed by atoms with Crippen molar-refractivity contribution in [2.24, 2.45) is 5.41 Å². The van der Waals surface area contributed by atoms with Gasteiger partial charge in [0, 0.05) is 32.2 Å². The number of hydrogen-bond donors (Lipinski definition) is 1. The summed E-state index contributed by atoms with van der Waals surface area (Å²) in [6.07, 6.45) is 3.61. The van der Waals surface area contributed by atoms with Gasteiger partial charge in [0.15, 0.2) is 0 Å². The van der Waals surface area contributed by atoms with Gasteiger partial charge in [0.1, 0.15) is 5.41 Å². The third-order valence-corrected chi connectivity index (χ3v) is 4.30. The van der Waals surface area contributed by atoms with Crippen LogP contribution in [-0.4, -0.2) is 60.9 Å². The lowest BCUT2D eigenvalue weighted by atomic mass is 10.0. The number of nitrogens with zero attached hydrogens (tertiary/aromatic N) is 2. The topological polar surface area (TPSA) is 52.7 Å². The molecule has 0 aromatic carbocycles. The van der Waals surface area contributed by atoms with Gasteiger partial charge >= 0.3 is 0 Å². The van der Waals surface area contributed by atoms with Crippen LogP contribution in [0.4, 0.5) is 0 Å². The third kappa shape index (κ3) is 2.11. The summed E-state index contributed by atoms with van der Waals surface area (Å²) in [5.74, 6) is 0.0441. The molecule has 5 heteroatoms. The summed E-state index contributed by atoms with van der Waals surface area (Å²) in [6, 6.07) is 0.343. The van der Waals surface area contributed by atoms with Crippen LogP contribution in [0.15, 0.2) is 0 Å². The monoisotopic (exact) mass is 251 g/mol. The third-order valence-electron chi connectivity index (χ3n) is 4.30. The van der Waals surface area contributed by atoms with E-state index in [0.717, 1.165) is 51.9 Å². The SMILES string of the molecule is CN1CCN(C(=O)C2(C(=O)NC3CC3)CC2)CC1. The van der Waals surface area contributed by atoms with E-state index in [1.807, 2.05) is 4.90 Å². The van der Waals surface area contributed by atoms with E-state index in [2.05, 4.69) is 17.3 Å². The molecule has 0 aromatic rings. The van der Waals surface area contributed by atoms with Crippen LogP contribution in [0.5, 0.6) is 0 Å².